The summed E-state index contributed by atoms with van der Waals surface area (Å²) in [5, 5.41) is 4.14. The van der Waals surface area contributed by atoms with Crippen molar-refractivity contribution >= 4 is 5.91 Å². The van der Waals surface area contributed by atoms with Crippen LogP contribution in [0, 0.1) is 5.92 Å². The van der Waals surface area contributed by atoms with Gasteiger partial charge in [0.25, 0.3) is 0 Å². The number of carbonyl (C=O) groups is 1. The smallest absolute Gasteiger partial charge is 0.340 e. The molecule has 2 aliphatic heterocycles. The zero-order valence-electron chi connectivity index (χ0n) is 13.5. The van der Waals surface area contributed by atoms with E-state index in [4.69, 9.17) is 0 Å². The van der Waals surface area contributed by atoms with Gasteiger partial charge in [-0.15, -0.1) is 0 Å². The van der Waals surface area contributed by atoms with Gasteiger partial charge < -0.3 is 4.90 Å². The van der Waals surface area contributed by atoms with E-state index >= 15 is 0 Å². The largest absolute Gasteiger partial charge is 0.401 e. The fourth-order valence-corrected chi connectivity index (χ4v) is 3.63. The average molecular weight is 345 g/mol. The lowest BCUT2D eigenvalue weighted by molar-refractivity contribution is -0.151. The standard InChI is InChI=1S/C15H22F3N5O/c16-15(17,18)9-21-6-3-12(4-7-21)14(24)22-5-1-2-13(8-22)23-11-19-10-20-23/h10-13H,1-9H2/t13-/m0/s1. The van der Waals surface area contributed by atoms with Gasteiger partial charge in [-0.25, -0.2) is 9.67 Å². The number of likely N-dealkylation sites (tertiary alicyclic amines) is 2. The Morgan fingerprint density at radius 3 is 2.54 bits per heavy atom. The van der Waals surface area contributed by atoms with Crippen molar-refractivity contribution in [1.29, 1.82) is 0 Å². The Hall–Kier alpha value is -1.64. The zero-order valence-corrected chi connectivity index (χ0v) is 13.5. The Labute approximate surface area is 138 Å². The quantitative estimate of drug-likeness (QED) is 0.837. The molecule has 0 bridgehead atoms. The first-order valence-corrected chi connectivity index (χ1v) is 8.34. The molecule has 24 heavy (non-hydrogen) atoms. The molecule has 0 radical (unpaired) electrons. The van der Waals surface area contributed by atoms with Crippen molar-refractivity contribution in [2.24, 2.45) is 5.92 Å². The molecule has 0 unspecified atom stereocenters. The van der Waals surface area contributed by atoms with E-state index in [0.717, 1.165) is 12.8 Å². The predicted octanol–water partition coefficient (Wildman–Crippen LogP) is 1.72. The van der Waals surface area contributed by atoms with E-state index in [1.54, 1.807) is 11.0 Å². The number of rotatable bonds is 3. The molecule has 3 heterocycles. The maximum atomic E-state index is 12.7. The summed E-state index contributed by atoms with van der Waals surface area (Å²) in [7, 11) is 0. The highest BCUT2D eigenvalue weighted by Gasteiger charge is 2.36. The molecule has 2 aliphatic rings. The van der Waals surface area contributed by atoms with E-state index in [0.29, 0.717) is 39.0 Å². The van der Waals surface area contributed by atoms with Crippen LogP contribution in [-0.2, 0) is 4.79 Å². The predicted molar refractivity (Wildman–Crippen MR) is 80.1 cm³/mol. The van der Waals surface area contributed by atoms with Gasteiger partial charge in [0.15, 0.2) is 0 Å². The van der Waals surface area contributed by atoms with E-state index in [1.165, 1.54) is 11.2 Å². The molecule has 2 fully saturated rings. The molecular formula is C15H22F3N5O. The van der Waals surface area contributed by atoms with Crippen LogP contribution in [-0.4, -0.2) is 69.4 Å². The van der Waals surface area contributed by atoms with Crippen molar-refractivity contribution in [3.63, 3.8) is 0 Å². The molecule has 0 N–H and O–H groups in total. The van der Waals surface area contributed by atoms with Crippen LogP contribution in [0.1, 0.15) is 31.7 Å². The van der Waals surface area contributed by atoms with Crippen molar-refractivity contribution in [3.05, 3.63) is 12.7 Å². The van der Waals surface area contributed by atoms with Crippen molar-refractivity contribution < 1.29 is 18.0 Å². The number of nitrogens with zero attached hydrogens (tertiary/aromatic N) is 5. The first-order valence-electron chi connectivity index (χ1n) is 8.34. The molecule has 3 rings (SSSR count). The fraction of sp³-hybridized carbons (Fsp3) is 0.800. The lowest BCUT2D eigenvalue weighted by Crippen LogP contribution is -2.47. The van der Waals surface area contributed by atoms with Crippen LogP contribution in [0.3, 0.4) is 0 Å². The molecule has 1 amide bonds. The molecule has 1 aromatic heterocycles. The van der Waals surface area contributed by atoms with Gasteiger partial charge in [0.05, 0.1) is 12.6 Å². The number of hydrogen-bond acceptors (Lipinski definition) is 4. The Balaban J connectivity index is 1.52. The maximum absolute atomic E-state index is 12.7. The third kappa shape index (κ3) is 4.25. The summed E-state index contributed by atoms with van der Waals surface area (Å²) in [6, 6.07) is 0.135. The van der Waals surface area contributed by atoms with Gasteiger partial charge in [-0.3, -0.25) is 9.69 Å². The summed E-state index contributed by atoms with van der Waals surface area (Å²) in [6.07, 6.45) is 1.83. The Bertz CT molecular complexity index is 540. The van der Waals surface area contributed by atoms with Crippen molar-refractivity contribution in [3.8, 4) is 0 Å². The molecule has 1 aromatic rings. The van der Waals surface area contributed by atoms with E-state index in [9.17, 15) is 18.0 Å². The Morgan fingerprint density at radius 2 is 1.92 bits per heavy atom. The molecule has 0 aromatic carbocycles. The topological polar surface area (TPSA) is 54.3 Å². The lowest BCUT2D eigenvalue weighted by Gasteiger charge is -2.37. The van der Waals surface area contributed by atoms with Crippen LogP contribution in [0.2, 0.25) is 0 Å². The van der Waals surface area contributed by atoms with Crippen molar-refractivity contribution in [2.45, 2.75) is 37.9 Å². The van der Waals surface area contributed by atoms with E-state index < -0.39 is 12.7 Å². The van der Waals surface area contributed by atoms with E-state index in [2.05, 4.69) is 10.1 Å². The summed E-state index contributed by atoms with van der Waals surface area (Å²) in [5.41, 5.74) is 0. The Morgan fingerprint density at radius 1 is 1.17 bits per heavy atom. The summed E-state index contributed by atoms with van der Waals surface area (Å²) in [4.78, 5) is 19.9. The molecule has 6 nitrogen and oxygen atoms in total. The van der Waals surface area contributed by atoms with Gasteiger partial charge in [0, 0.05) is 19.0 Å². The number of hydrogen-bond donors (Lipinski definition) is 0. The van der Waals surface area contributed by atoms with E-state index in [-0.39, 0.29) is 17.9 Å². The summed E-state index contributed by atoms with van der Waals surface area (Å²) >= 11 is 0. The number of piperidine rings is 2. The van der Waals surface area contributed by atoms with Gasteiger partial charge >= 0.3 is 6.18 Å². The maximum Gasteiger partial charge on any atom is 0.401 e. The molecule has 2 saturated heterocycles. The number of carbonyl (C=O) groups excluding carboxylic acids is 1. The summed E-state index contributed by atoms with van der Waals surface area (Å²) in [6.45, 7) is 1.09. The highest BCUT2D eigenvalue weighted by atomic mass is 19.4. The molecule has 0 aliphatic carbocycles. The number of aromatic nitrogens is 3. The first kappa shape index (κ1) is 17.2. The van der Waals surface area contributed by atoms with Crippen LogP contribution < -0.4 is 0 Å². The van der Waals surface area contributed by atoms with Crippen LogP contribution >= 0.6 is 0 Å². The van der Waals surface area contributed by atoms with Gasteiger partial charge in [0.1, 0.15) is 12.7 Å². The molecule has 134 valence electrons. The van der Waals surface area contributed by atoms with Crippen LogP contribution in [0.5, 0.6) is 0 Å². The fourth-order valence-electron chi connectivity index (χ4n) is 3.63. The van der Waals surface area contributed by atoms with Crippen LogP contribution in [0.25, 0.3) is 0 Å². The molecule has 0 saturated carbocycles. The summed E-state index contributed by atoms with van der Waals surface area (Å²) < 4.78 is 39.1. The third-order valence-corrected chi connectivity index (χ3v) is 4.86. The minimum atomic E-state index is -4.17. The highest BCUT2D eigenvalue weighted by Crippen LogP contribution is 2.27. The molecule has 1 atom stereocenters. The second kappa shape index (κ2) is 7.08. The SMILES string of the molecule is O=C(C1CCN(CC(F)(F)F)CC1)N1CCC[C@H](n2cncn2)C1. The second-order valence-electron chi connectivity index (χ2n) is 6.62. The van der Waals surface area contributed by atoms with Gasteiger partial charge in [0.2, 0.25) is 5.91 Å². The highest BCUT2D eigenvalue weighted by molar-refractivity contribution is 5.79. The molecule has 0 spiro atoms. The third-order valence-electron chi connectivity index (χ3n) is 4.86. The lowest BCUT2D eigenvalue weighted by atomic mass is 9.94. The number of halogens is 3. The van der Waals surface area contributed by atoms with Crippen molar-refractivity contribution in [1.82, 2.24) is 24.6 Å². The molecule has 9 heteroatoms. The van der Waals surface area contributed by atoms with Crippen LogP contribution in [0.4, 0.5) is 13.2 Å². The van der Waals surface area contributed by atoms with Crippen molar-refractivity contribution in [2.75, 3.05) is 32.7 Å². The zero-order chi connectivity index (χ0) is 17.2. The minimum Gasteiger partial charge on any atom is -0.340 e. The average Bonchev–Trinajstić information content (AvgIpc) is 3.08. The number of amides is 1. The molecular weight excluding hydrogens is 323 g/mol. The van der Waals surface area contributed by atoms with E-state index in [1.807, 2.05) is 4.90 Å². The van der Waals surface area contributed by atoms with Gasteiger partial charge in [-0.1, -0.05) is 0 Å². The van der Waals surface area contributed by atoms with Gasteiger partial charge in [-0.2, -0.15) is 18.3 Å². The first-order chi connectivity index (χ1) is 11.4. The Kier molecular flexibility index (Phi) is 5.07. The monoisotopic (exact) mass is 345 g/mol. The normalized spacial score (nSPS) is 24.3. The van der Waals surface area contributed by atoms with Crippen LogP contribution in [0.15, 0.2) is 12.7 Å². The second-order valence-corrected chi connectivity index (χ2v) is 6.62. The number of alkyl halides is 3. The summed E-state index contributed by atoms with van der Waals surface area (Å²) in [5.74, 6) is -0.0875. The van der Waals surface area contributed by atoms with Gasteiger partial charge in [-0.05, 0) is 38.8 Å². The minimum absolute atomic E-state index is 0.0754.